The summed E-state index contributed by atoms with van der Waals surface area (Å²) in [5, 5.41) is 0. The summed E-state index contributed by atoms with van der Waals surface area (Å²) in [5.74, 6) is 0.454. The first-order valence-electron chi connectivity index (χ1n) is 7.03. The van der Waals surface area contributed by atoms with Crippen molar-refractivity contribution in [2.24, 2.45) is 5.73 Å². The van der Waals surface area contributed by atoms with E-state index in [2.05, 4.69) is 37.9 Å². The van der Waals surface area contributed by atoms with Crippen LogP contribution in [0.15, 0.2) is 47.5 Å². The Labute approximate surface area is 129 Å². The fourth-order valence-corrected chi connectivity index (χ4v) is 3.27. The van der Waals surface area contributed by atoms with Gasteiger partial charge in [0.1, 0.15) is 0 Å². The largest absolute Gasteiger partial charge is 0.325 e. The Kier molecular flexibility index (Phi) is 4.91. The Balaban J connectivity index is 2.17. The predicted octanol–water partition coefficient (Wildman–Crippen LogP) is 3.15. The number of benzene rings is 1. The first-order chi connectivity index (χ1) is 9.91. The van der Waals surface area contributed by atoms with Gasteiger partial charge in [0.05, 0.1) is 22.2 Å². The maximum atomic E-state index is 12.5. The molecule has 0 radical (unpaired) electrons. The molecule has 2 N–H and O–H groups in total. The summed E-state index contributed by atoms with van der Waals surface area (Å²) in [7, 11) is -1.08. The summed E-state index contributed by atoms with van der Waals surface area (Å²) in [4.78, 5) is 5.07. The molecule has 3 nitrogen and oxygen atoms in total. The lowest BCUT2D eigenvalue weighted by Gasteiger charge is -2.19. The first kappa shape index (κ1) is 15.9. The van der Waals surface area contributed by atoms with Crippen LogP contribution in [0.1, 0.15) is 37.6 Å². The van der Waals surface area contributed by atoms with Gasteiger partial charge in [-0.15, -0.1) is 0 Å². The zero-order valence-corrected chi connectivity index (χ0v) is 13.6. The second-order valence-electron chi connectivity index (χ2n) is 6.08. The first-order valence-corrected chi connectivity index (χ1v) is 8.35. The number of hydrogen-bond donors (Lipinski definition) is 1. The van der Waals surface area contributed by atoms with Crippen LogP contribution in [0.25, 0.3) is 0 Å². The monoisotopic (exact) mass is 302 g/mol. The molecule has 1 unspecified atom stereocenters. The fraction of sp³-hybridized carbons (Fsp3) is 0.353. The third kappa shape index (κ3) is 3.99. The van der Waals surface area contributed by atoms with E-state index in [4.69, 9.17) is 5.73 Å². The third-order valence-electron chi connectivity index (χ3n) is 3.45. The SMILES string of the molecule is CC(C)(C)c1ccc(S(=O)Cc2cccnc2CN)cc1. The van der Waals surface area contributed by atoms with Crippen LogP contribution in [0.4, 0.5) is 0 Å². The lowest BCUT2D eigenvalue weighted by atomic mass is 9.87. The molecule has 0 bridgehead atoms. The molecule has 1 heterocycles. The van der Waals surface area contributed by atoms with Gasteiger partial charge in [0.15, 0.2) is 0 Å². The summed E-state index contributed by atoms with van der Waals surface area (Å²) in [5.41, 5.74) is 8.79. The van der Waals surface area contributed by atoms with Gasteiger partial charge in [0.2, 0.25) is 0 Å². The number of rotatable bonds is 4. The highest BCUT2D eigenvalue weighted by molar-refractivity contribution is 7.84. The van der Waals surface area contributed by atoms with E-state index in [9.17, 15) is 4.21 Å². The van der Waals surface area contributed by atoms with Gasteiger partial charge in [-0.1, -0.05) is 39.0 Å². The molecule has 0 amide bonds. The van der Waals surface area contributed by atoms with Crippen molar-refractivity contribution in [3.05, 3.63) is 59.4 Å². The van der Waals surface area contributed by atoms with Crippen LogP contribution in [0.5, 0.6) is 0 Å². The minimum Gasteiger partial charge on any atom is -0.325 e. The molecule has 0 saturated carbocycles. The van der Waals surface area contributed by atoms with Gasteiger partial charge in [-0.25, -0.2) is 0 Å². The molecule has 0 aliphatic rings. The molecule has 4 heteroatoms. The highest BCUT2D eigenvalue weighted by atomic mass is 32.2. The smallest absolute Gasteiger partial charge is 0.0580 e. The Morgan fingerprint density at radius 2 is 1.81 bits per heavy atom. The Morgan fingerprint density at radius 3 is 2.38 bits per heavy atom. The van der Waals surface area contributed by atoms with Crippen molar-refractivity contribution in [2.45, 2.75) is 43.4 Å². The van der Waals surface area contributed by atoms with Crippen LogP contribution in [0.2, 0.25) is 0 Å². The standard InChI is InChI=1S/C17H22N2OS/c1-17(2,3)14-6-8-15(9-7-14)21(20)12-13-5-4-10-19-16(13)11-18/h4-10H,11-12,18H2,1-3H3. The predicted molar refractivity (Wildman–Crippen MR) is 87.4 cm³/mol. The third-order valence-corrected chi connectivity index (χ3v) is 4.82. The zero-order valence-electron chi connectivity index (χ0n) is 12.8. The summed E-state index contributed by atoms with van der Waals surface area (Å²) in [6.07, 6.45) is 1.72. The normalized spacial score (nSPS) is 13.1. The minimum absolute atomic E-state index is 0.107. The van der Waals surface area contributed by atoms with Gasteiger partial charge in [0.25, 0.3) is 0 Å². The molecule has 1 aromatic carbocycles. The van der Waals surface area contributed by atoms with Crippen LogP contribution in [0, 0.1) is 0 Å². The van der Waals surface area contributed by atoms with Gasteiger partial charge in [-0.2, -0.15) is 0 Å². The molecule has 2 aromatic rings. The number of nitrogens with zero attached hydrogens (tertiary/aromatic N) is 1. The van der Waals surface area contributed by atoms with Crippen LogP contribution in [-0.2, 0) is 28.5 Å². The average Bonchev–Trinajstić information content (AvgIpc) is 2.47. The molecular formula is C17H22N2OS. The van der Waals surface area contributed by atoms with Crippen molar-refractivity contribution in [2.75, 3.05) is 0 Å². The lowest BCUT2D eigenvalue weighted by molar-refractivity contribution is 0.589. The molecular weight excluding hydrogens is 280 g/mol. The van der Waals surface area contributed by atoms with Gasteiger partial charge in [0, 0.05) is 17.6 Å². The molecule has 1 aromatic heterocycles. The van der Waals surface area contributed by atoms with Crippen molar-refractivity contribution in [1.29, 1.82) is 0 Å². The van der Waals surface area contributed by atoms with Crippen molar-refractivity contribution >= 4 is 10.8 Å². The van der Waals surface area contributed by atoms with Crippen LogP contribution < -0.4 is 5.73 Å². The van der Waals surface area contributed by atoms with Crippen molar-refractivity contribution in [3.8, 4) is 0 Å². The van der Waals surface area contributed by atoms with E-state index in [0.29, 0.717) is 12.3 Å². The molecule has 0 fully saturated rings. The van der Waals surface area contributed by atoms with E-state index in [-0.39, 0.29) is 5.41 Å². The molecule has 21 heavy (non-hydrogen) atoms. The molecule has 112 valence electrons. The number of hydrogen-bond acceptors (Lipinski definition) is 3. The van der Waals surface area contributed by atoms with Crippen LogP contribution in [0.3, 0.4) is 0 Å². The van der Waals surface area contributed by atoms with E-state index < -0.39 is 10.8 Å². The van der Waals surface area contributed by atoms with E-state index in [1.54, 1.807) is 6.20 Å². The topological polar surface area (TPSA) is 56.0 Å². The number of pyridine rings is 1. The highest BCUT2D eigenvalue weighted by Crippen LogP contribution is 2.23. The molecule has 0 aliphatic heterocycles. The zero-order chi connectivity index (χ0) is 15.5. The summed E-state index contributed by atoms with van der Waals surface area (Å²) in [6.45, 7) is 6.88. The minimum atomic E-state index is -1.08. The van der Waals surface area contributed by atoms with Gasteiger partial charge in [-0.05, 0) is 34.7 Å². The molecule has 1 atom stereocenters. The molecule has 0 saturated heterocycles. The van der Waals surface area contributed by atoms with E-state index in [1.165, 1.54) is 5.56 Å². The quantitative estimate of drug-likeness (QED) is 0.944. The van der Waals surface area contributed by atoms with Crippen LogP contribution >= 0.6 is 0 Å². The average molecular weight is 302 g/mol. The molecule has 2 rings (SSSR count). The van der Waals surface area contributed by atoms with E-state index in [1.807, 2.05) is 24.3 Å². The van der Waals surface area contributed by atoms with Crippen molar-refractivity contribution in [3.63, 3.8) is 0 Å². The number of nitrogens with two attached hydrogens (primary N) is 1. The Bertz CT molecular complexity index is 630. The Morgan fingerprint density at radius 1 is 1.14 bits per heavy atom. The molecule has 0 aliphatic carbocycles. The lowest BCUT2D eigenvalue weighted by Crippen LogP contribution is -2.11. The maximum absolute atomic E-state index is 12.5. The Hall–Kier alpha value is -1.52. The second-order valence-corrected chi connectivity index (χ2v) is 7.53. The fourth-order valence-electron chi connectivity index (χ4n) is 2.12. The number of aromatic nitrogens is 1. The molecule has 0 spiro atoms. The highest BCUT2D eigenvalue weighted by Gasteiger charge is 2.14. The summed E-state index contributed by atoms with van der Waals surface area (Å²) in [6, 6.07) is 11.8. The van der Waals surface area contributed by atoms with E-state index >= 15 is 0 Å². The van der Waals surface area contributed by atoms with Crippen LogP contribution in [-0.4, -0.2) is 9.19 Å². The van der Waals surface area contributed by atoms with Crippen molar-refractivity contribution in [1.82, 2.24) is 4.98 Å². The summed E-state index contributed by atoms with van der Waals surface area (Å²) < 4.78 is 12.5. The summed E-state index contributed by atoms with van der Waals surface area (Å²) >= 11 is 0. The van der Waals surface area contributed by atoms with E-state index in [0.717, 1.165) is 16.2 Å². The van der Waals surface area contributed by atoms with Gasteiger partial charge < -0.3 is 5.73 Å². The van der Waals surface area contributed by atoms with Gasteiger partial charge in [-0.3, -0.25) is 9.19 Å². The second kappa shape index (κ2) is 6.50. The van der Waals surface area contributed by atoms with Crippen molar-refractivity contribution < 1.29 is 4.21 Å². The van der Waals surface area contributed by atoms with Gasteiger partial charge >= 0.3 is 0 Å². The maximum Gasteiger partial charge on any atom is 0.0580 e.